The largest absolute Gasteiger partial charge is 0.386 e. The van der Waals surface area contributed by atoms with Crippen molar-refractivity contribution in [1.29, 1.82) is 0 Å². The monoisotopic (exact) mass is 285 g/mol. The summed E-state index contributed by atoms with van der Waals surface area (Å²) >= 11 is 0. The van der Waals surface area contributed by atoms with Crippen LogP contribution in [0.2, 0.25) is 0 Å². The summed E-state index contributed by atoms with van der Waals surface area (Å²) in [6.07, 6.45) is 5.71. The summed E-state index contributed by atoms with van der Waals surface area (Å²) in [5, 5.41) is 10.7. The zero-order chi connectivity index (χ0) is 14.7. The fraction of sp³-hybridized carbons (Fsp3) is 0.389. The molecule has 0 bridgehead atoms. The van der Waals surface area contributed by atoms with Crippen LogP contribution in [0.1, 0.15) is 43.0 Å². The third-order valence-corrected chi connectivity index (χ3v) is 4.75. The van der Waals surface area contributed by atoms with Crippen molar-refractivity contribution in [2.75, 3.05) is 0 Å². The van der Waals surface area contributed by atoms with Crippen LogP contribution in [0, 0.1) is 11.2 Å². The van der Waals surface area contributed by atoms with Gasteiger partial charge in [-0.3, -0.25) is 4.98 Å². The Morgan fingerprint density at radius 1 is 1.14 bits per heavy atom. The molecule has 1 aromatic carbocycles. The van der Waals surface area contributed by atoms with Crippen molar-refractivity contribution < 1.29 is 9.50 Å². The molecule has 0 amide bonds. The lowest BCUT2D eigenvalue weighted by Crippen LogP contribution is -2.37. The number of halogens is 1. The number of nitrogens with zero attached hydrogens (tertiary/aromatic N) is 1. The Labute approximate surface area is 124 Å². The number of aliphatic hydroxyl groups excluding tert-OH is 1. The Morgan fingerprint density at radius 3 is 2.52 bits per heavy atom. The van der Waals surface area contributed by atoms with Gasteiger partial charge in [0.1, 0.15) is 11.9 Å². The van der Waals surface area contributed by atoms with Crippen LogP contribution < -0.4 is 0 Å². The first kappa shape index (κ1) is 14.2. The Bertz CT molecular complexity index is 595. The zero-order valence-corrected chi connectivity index (χ0v) is 12.0. The fourth-order valence-corrected chi connectivity index (χ4v) is 3.23. The average Bonchev–Trinajstić information content (AvgIpc) is 2.48. The van der Waals surface area contributed by atoms with Crippen LogP contribution in [0.5, 0.6) is 0 Å². The molecule has 1 unspecified atom stereocenters. The second-order valence-electron chi connectivity index (χ2n) is 5.96. The molecular formula is C18H20FNO. The van der Waals surface area contributed by atoms with Gasteiger partial charge in [-0.15, -0.1) is 0 Å². The van der Waals surface area contributed by atoms with E-state index in [1.54, 1.807) is 12.3 Å². The van der Waals surface area contributed by atoms with E-state index in [9.17, 15) is 9.50 Å². The molecule has 1 aliphatic carbocycles. The number of hydrogen-bond acceptors (Lipinski definition) is 2. The summed E-state index contributed by atoms with van der Waals surface area (Å²) in [5.74, 6) is -0.153. The summed E-state index contributed by atoms with van der Waals surface area (Å²) in [7, 11) is 0. The topological polar surface area (TPSA) is 33.1 Å². The van der Waals surface area contributed by atoms with Crippen molar-refractivity contribution in [1.82, 2.24) is 4.98 Å². The van der Waals surface area contributed by atoms with Crippen LogP contribution in [0.4, 0.5) is 4.39 Å². The molecule has 1 heterocycles. The highest BCUT2D eigenvalue weighted by Gasteiger charge is 2.44. The minimum atomic E-state index is -0.556. The van der Waals surface area contributed by atoms with Gasteiger partial charge in [0.25, 0.3) is 0 Å². The van der Waals surface area contributed by atoms with Crippen molar-refractivity contribution in [3.63, 3.8) is 0 Å². The van der Waals surface area contributed by atoms with Gasteiger partial charge in [0.2, 0.25) is 0 Å². The number of aromatic nitrogens is 1. The minimum absolute atomic E-state index is 0.142. The highest BCUT2D eigenvalue weighted by Crippen LogP contribution is 2.53. The number of rotatable bonds is 5. The summed E-state index contributed by atoms with van der Waals surface area (Å²) < 4.78 is 13.7. The van der Waals surface area contributed by atoms with Gasteiger partial charge >= 0.3 is 0 Å². The highest BCUT2D eigenvalue weighted by atomic mass is 19.1. The van der Waals surface area contributed by atoms with Crippen molar-refractivity contribution in [2.45, 2.75) is 38.2 Å². The molecule has 3 heteroatoms. The molecule has 1 fully saturated rings. The number of benzene rings is 1. The van der Waals surface area contributed by atoms with Gasteiger partial charge < -0.3 is 5.11 Å². The maximum atomic E-state index is 13.7. The summed E-state index contributed by atoms with van der Waals surface area (Å²) in [6.45, 7) is 0. The van der Waals surface area contributed by atoms with Crippen LogP contribution in [-0.4, -0.2) is 10.1 Å². The molecular weight excluding hydrogens is 265 g/mol. The van der Waals surface area contributed by atoms with Gasteiger partial charge in [0.05, 0.1) is 5.69 Å². The molecule has 1 atom stereocenters. The van der Waals surface area contributed by atoms with Gasteiger partial charge in [0.15, 0.2) is 0 Å². The SMILES string of the molecule is OC(c1ccccn1)C1(CCc2ccccc2F)CCC1. The van der Waals surface area contributed by atoms with Gasteiger partial charge in [-0.05, 0) is 49.4 Å². The summed E-state index contributed by atoms with van der Waals surface area (Å²) in [6, 6.07) is 12.5. The number of aliphatic hydroxyl groups is 1. The van der Waals surface area contributed by atoms with E-state index in [4.69, 9.17) is 0 Å². The lowest BCUT2D eigenvalue weighted by atomic mass is 9.61. The first-order chi connectivity index (χ1) is 10.2. The van der Waals surface area contributed by atoms with Crippen molar-refractivity contribution in [3.8, 4) is 0 Å². The average molecular weight is 285 g/mol. The fourth-order valence-electron chi connectivity index (χ4n) is 3.23. The van der Waals surface area contributed by atoms with Gasteiger partial charge in [-0.25, -0.2) is 4.39 Å². The molecule has 110 valence electrons. The van der Waals surface area contributed by atoms with E-state index >= 15 is 0 Å². The van der Waals surface area contributed by atoms with Crippen LogP contribution in [-0.2, 0) is 6.42 Å². The summed E-state index contributed by atoms with van der Waals surface area (Å²) in [4.78, 5) is 4.28. The standard InChI is InChI=1S/C18H20FNO/c19-15-7-2-1-6-14(15)9-12-18(10-5-11-18)17(21)16-8-3-4-13-20-16/h1-4,6-8,13,17,21H,5,9-12H2. The van der Waals surface area contributed by atoms with Crippen LogP contribution >= 0.6 is 0 Å². The predicted molar refractivity (Wildman–Crippen MR) is 80.2 cm³/mol. The van der Waals surface area contributed by atoms with E-state index in [0.29, 0.717) is 6.42 Å². The number of hydrogen-bond donors (Lipinski definition) is 1. The van der Waals surface area contributed by atoms with E-state index in [1.165, 1.54) is 6.07 Å². The van der Waals surface area contributed by atoms with Crippen molar-refractivity contribution >= 4 is 0 Å². The first-order valence-corrected chi connectivity index (χ1v) is 7.54. The second kappa shape index (κ2) is 5.94. The Hall–Kier alpha value is -1.74. The van der Waals surface area contributed by atoms with Gasteiger partial charge in [-0.2, -0.15) is 0 Å². The summed E-state index contributed by atoms with van der Waals surface area (Å²) in [5.41, 5.74) is 1.32. The maximum Gasteiger partial charge on any atom is 0.126 e. The minimum Gasteiger partial charge on any atom is -0.386 e. The molecule has 2 aromatic rings. The van der Waals surface area contributed by atoms with Crippen LogP contribution in [0.3, 0.4) is 0 Å². The van der Waals surface area contributed by atoms with Crippen LogP contribution in [0.25, 0.3) is 0 Å². The lowest BCUT2D eigenvalue weighted by Gasteiger charge is -2.45. The number of pyridine rings is 1. The van der Waals surface area contributed by atoms with Crippen LogP contribution in [0.15, 0.2) is 48.7 Å². The quantitative estimate of drug-likeness (QED) is 0.898. The Morgan fingerprint density at radius 2 is 1.90 bits per heavy atom. The normalized spacial score (nSPS) is 18.0. The van der Waals surface area contributed by atoms with Crippen molar-refractivity contribution in [3.05, 3.63) is 65.7 Å². The Kier molecular flexibility index (Phi) is 4.02. The third kappa shape index (κ3) is 2.84. The lowest BCUT2D eigenvalue weighted by molar-refractivity contribution is -0.0458. The Balaban J connectivity index is 1.74. The highest BCUT2D eigenvalue weighted by molar-refractivity contribution is 5.19. The molecule has 0 aliphatic heterocycles. The zero-order valence-electron chi connectivity index (χ0n) is 12.0. The molecule has 1 aliphatic rings. The van der Waals surface area contributed by atoms with E-state index < -0.39 is 6.10 Å². The smallest absolute Gasteiger partial charge is 0.126 e. The maximum absolute atomic E-state index is 13.7. The van der Waals surface area contributed by atoms with E-state index in [1.807, 2.05) is 30.3 Å². The molecule has 1 N–H and O–H groups in total. The molecule has 3 rings (SSSR count). The molecule has 1 saturated carbocycles. The van der Waals surface area contributed by atoms with E-state index in [-0.39, 0.29) is 11.2 Å². The molecule has 0 radical (unpaired) electrons. The second-order valence-corrected chi connectivity index (χ2v) is 5.96. The molecule has 0 saturated heterocycles. The van der Waals surface area contributed by atoms with Gasteiger partial charge in [-0.1, -0.05) is 30.7 Å². The molecule has 0 spiro atoms. The van der Waals surface area contributed by atoms with E-state index in [0.717, 1.165) is 36.9 Å². The van der Waals surface area contributed by atoms with Gasteiger partial charge in [0, 0.05) is 11.6 Å². The third-order valence-electron chi connectivity index (χ3n) is 4.75. The number of aryl methyl sites for hydroxylation is 1. The van der Waals surface area contributed by atoms with E-state index in [2.05, 4.69) is 4.98 Å². The predicted octanol–water partition coefficient (Wildman–Crippen LogP) is 4.06. The van der Waals surface area contributed by atoms with Crippen molar-refractivity contribution in [2.24, 2.45) is 5.41 Å². The molecule has 1 aromatic heterocycles. The molecule has 21 heavy (non-hydrogen) atoms. The molecule has 2 nitrogen and oxygen atoms in total. The first-order valence-electron chi connectivity index (χ1n) is 7.54.